The Morgan fingerprint density at radius 2 is 1.04 bits per heavy atom. The summed E-state index contributed by atoms with van der Waals surface area (Å²) >= 11 is 0. The third-order valence-electron chi connectivity index (χ3n) is 10.2. The summed E-state index contributed by atoms with van der Waals surface area (Å²) in [4.78, 5) is 5.26. The minimum Gasteiger partial charge on any atom is -0.307 e. The molecule has 3 nitrogen and oxygen atoms in total. The molecule has 0 atom stereocenters. The maximum absolute atomic E-state index is 5.26. The van der Waals surface area contributed by atoms with E-state index < -0.39 is 0 Å². The zero-order chi connectivity index (χ0) is 33.0. The smallest absolute Gasteiger partial charge is 0.0795 e. The van der Waals surface area contributed by atoms with Gasteiger partial charge in [-0.05, 0) is 66.4 Å². The number of aromatic nitrogens is 3. The molecule has 50 heavy (non-hydrogen) atoms. The first-order valence-corrected chi connectivity index (χ1v) is 17.4. The van der Waals surface area contributed by atoms with Gasteiger partial charge in [-0.1, -0.05) is 133 Å². The molecular weight excluding hydrogens is 607 g/mol. The SMILES string of the molecule is C1=CCCC(c2cc3c4ccccc4n(-c4ccccc4)c3c3c2c2ccccc2n3-c2cc(-c3ccccc3)nc(-c3ccccc3)c2)=C1. The molecule has 0 amide bonds. The second-order valence-corrected chi connectivity index (χ2v) is 13.1. The second kappa shape index (κ2) is 11.6. The van der Waals surface area contributed by atoms with Crippen LogP contribution in [0.1, 0.15) is 18.4 Å². The summed E-state index contributed by atoms with van der Waals surface area (Å²) in [6, 6.07) is 56.7. The van der Waals surface area contributed by atoms with Crippen molar-refractivity contribution >= 4 is 49.2 Å². The number of allylic oxidation sites excluding steroid dienone is 4. The van der Waals surface area contributed by atoms with Crippen molar-refractivity contribution in [1.82, 2.24) is 14.1 Å². The van der Waals surface area contributed by atoms with Crippen molar-refractivity contribution in [3.05, 3.63) is 182 Å². The van der Waals surface area contributed by atoms with Gasteiger partial charge in [-0.25, -0.2) is 4.98 Å². The molecule has 10 rings (SSSR count). The predicted octanol–water partition coefficient (Wildman–Crippen LogP) is 12.3. The lowest BCUT2D eigenvalue weighted by Crippen LogP contribution is -2.01. The van der Waals surface area contributed by atoms with Crippen molar-refractivity contribution in [2.24, 2.45) is 0 Å². The van der Waals surface area contributed by atoms with Gasteiger partial charge in [0.2, 0.25) is 0 Å². The molecule has 0 fully saturated rings. The lowest BCUT2D eigenvalue weighted by molar-refractivity contribution is 1.06. The van der Waals surface area contributed by atoms with Gasteiger partial charge in [0.25, 0.3) is 0 Å². The first-order valence-electron chi connectivity index (χ1n) is 17.4. The third-order valence-corrected chi connectivity index (χ3v) is 10.2. The Labute approximate surface area is 290 Å². The lowest BCUT2D eigenvalue weighted by atomic mass is 9.92. The van der Waals surface area contributed by atoms with Crippen LogP contribution in [0.5, 0.6) is 0 Å². The number of hydrogen-bond donors (Lipinski definition) is 0. The third kappa shape index (κ3) is 4.48. The molecule has 1 aliphatic rings. The van der Waals surface area contributed by atoms with E-state index in [1.165, 1.54) is 54.7 Å². The molecule has 0 bridgehead atoms. The second-order valence-electron chi connectivity index (χ2n) is 13.1. The van der Waals surface area contributed by atoms with Gasteiger partial charge < -0.3 is 9.13 Å². The largest absolute Gasteiger partial charge is 0.307 e. The Kier molecular flexibility index (Phi) is 6.63. The molecule has 0 spiro atoms. The van der Waals surface area contributed by atoms with Crippen LogP contribution in [0.15, 0.2) is 176 Å². The van der Waals surface area contributed by atoms with Gasteiger partial charge in [0.15, 0.2) is 0 Å². The van der Waals surface area contributed by atoms with Crippen LogP contribution in [0.2, 0.25) is 0 Å². The minimum atomic E-state index is 0.948. The Balaban J connectivity index is 1.44. The summed E-state index contributed by atoms with van der Waals surface area (Å²) in [5.74, 6) is 0. The highest BCUT2D eigenvalue weighted by atomic mass is 15.0. The highest BCUT2D eigenvalue weighted by molar-refractivity contribution is 6.26. The molecule has 0 N–H and O–H groups in total. The first kappa shape index (κ1) is 28.6. The number of pyridine rings is 1. The summed E-state index contributed by atoms with van der Waals surface area (Å²) in [6.07, 6.45) is 8.87. The Hall–Kier alpha value is -6.45. The Morgan fingerprint density at radius 1 is 0.480 bits per heavy atom. The molecule has 1 aliphatic carbocycles. The zero-order valence-corrected chi connectivity index (χ0v) is 27.5. The topological polar surface area (TPSA) is 22.8 Å². The van der Waals surface area contributed by atoms with Gasteiger partial charge in [-0.15, -0.1) is 0 Å². The van der Waals surface area contributed by atoms with Gasteiger partial charge >= 0.3 is 0 Å². The van der Waals surface area contributed by atoms with E-state index in [9.17, 15) is 0 Å². The molecule has 9 aromatic rings. The van der Waals surface area contributed by atoms with Crippen molar-refractivity contribution < 1.29 is 0 Å². The molecule has 0 saturated carbocycles. The van der Waals surface area contributed by atoms with Crippen molar-refractivity contribution in [3.8, 4) is 33.9 Å². The average Bonchev–Trinajstić information content (AvgIpc) is 3.72. The quantitative estimate of drug-likeness (QED) is 0.184. The number of rotatable bonds is 5. The molecular formula is C47H33N3. The minimum absolute atomic E-state index is 0.948. The van der Waals surface area contributed by atoms with Crippen LogP contribution in [-0.4, -0.2) is 14.1 Å². The van der Waals surface area contributed by atoms with E-state index in [1.54, 1.807) is 0 Å². The summed E-state index contributed by atoms with van der Waals surface area (Å²) < 4.78 is 4.98. The fourth-order valence-corrected chi connectivity index (χ4v) is 7.95. The molecule has 0 unspecified atom stereocenters. The van der Waals surface area contributed by atoms with Crippen LogP contribution in [0, 0.1) is 0 Å². The summed E-state index contributed by atoms with van der Waals surface area (Å²) in [5, 5.41) is 5.04. The van der Waals surface area contributed by atoms with E-state index in [-0.39, 0.29) is 0 Å². The summed E-state index contributed by atoms with van der Waals surface area (Å²) in [5.41, 5.74) is 13.8. The molecule has 236 valence electrons. The van der Waals surface area contributed by atoms with Gasteiger partial charge in [0.05, 0.1) is 39.1 Å². The molecule has 3 heterocycles. The van der Waals surface area contributed by atoms with E-state index in [4.69, 9.17) is 4.98 Å². The van der Waals surface area contributed by atoms with Crippen molar-refractivity contribution in [3.63, 3.8) is 0 Å². The monoisotopic (exact) mass is 639 g/mol. The van der Waals surface area contributed by atoms with E-state index in [0.717, 1.165) is 46.7 Å². The van der Waals surface area contributed by atoms with E-state index >= 15 is 0 Å². The van der Waals surface area contributed by atoms with Crippen LogP contribution < -0.4 is 0 Å². The average molecular weight is 640 g/mol. The Morgan fingerprint density at radius 3 is 1.68 bits per heavy atom. The van der Waals surface area contributed by atoms with Crippen molar-refractivity contribution in [1.29, 1.82) is 0 Å². The van der Waals surface area contributed by atoms with Gasteiger partial charge in [-0.3, -0.25) is 0 Å². The lowest BCUT2D eigenvalue weighted by Gasteiger charge is -2.17. The van der Waals surface area contributed by atoms with Gasteiger partial charge in [0.1, 0.15) is 0 Å². The number of para-hydroxylation sites is 3. The van der Waals surface area contributed by atoms with E-state index in [0.29, 0.717) is 0 Å². The van der Waals surface area contributed by atoms with E-state index in [2.05, 4.69) is 185 Å². The predicted molar refractivity (Wildman–Crippen MR) is 210 cm³/mol. The molecule has 0 saturated heterocycles. The van der Waals surface area contributed by atoms with Crippen LogP contribution >= 0.6 is 0 Å². The fraction of sp³-hybridized carbons (Fsp3) is 0.0426. The molecule has 0 aliphatic heterocycles. The van der Waals surface area contributed by atoms with Crippen molar-refractivity contribution in [2.45, 2.75) is 12.8 Å². The fourth-order valence-electron chi connectivity index (χ4n) is 7.95. The van der Waals surface area contributed by atoms with Crippen LogP contribution in [0.4, 0.5) is 0 Å². The van der Waals surface area contributed by atoms with E-state index in [1.807, 2.05) is 0 Å². The highest BCUT2D eigenvalue weighted by Gasteiger charge is 2.25. The number of nitrogens with zero attached hydrogens (tertiary/aromatic N) is 3. The van der Waals surface area contributed by atoms with Gasteiger partial charge in [-0.2, -0.15) is 0 Å². The number of fused-ring (bicyclic) bond motifs is 7. The zero-order valence-electron chi connectivity index (χ0n) is 27.5. The van der Waals surface area contributed by atoms with Crippen molar-refractivity contribution in [2.75, 3.05) is 0 Å². The molecule has 3 aromatic heterocycles. The standard InChI is InChI=1S/C47H33N3/c1-5-17-32(18-6-1)39-31-40-37-25-13-15-27-43(37)49(35-23-11-4-12-24-35)46(40)47-45(39)38-26-14-16-28-44(38)50(47)36-29-41(33-19-7-2-8-20-33)48-42(30-36)34-21-9-3-10-22-34/h1-5,7-17,19-31H,6,18H2. The van der Waals surface area contributed by atoms with Gasteiger partial charge in [0, 0.05) is 38.4 Å². The van der Waals surface area contributed by atoms with Crippen LogP contribution in [-0.2, 0) is 0 Å². The molecule has 3 heteroatoms. The molecule has 6 aromatic carbocycles. The molecule has 0 radical (unpaired) electrons. The normalized spacial score (nSPS) is 13.1. The van der Waals surface area contributed by atoms with Crippen LogP contribution in [0.3, 0.4) is 0 Å². The summed E-state index contributed by atoms with van der Waals surface area (Å²) in [6.45, 7) is 0. The maximum atomic E-state index is 5.26. The number of benzene rings is 6. The highest BCUT2D eigenvalue weighted by Crippen LogP contribution is 2.46. The van der Waals surface area contributed by atoms with Crippen LogP contribution in [0.25, 0.3) is 83.1 Å². The Bertz CT molecular complexity index is 2720. The maximum Gasteiger partial charge on any atom is 0.0795 e. The first-order chi connectivity index (χ1) is 24.8. The number of hydrogen-bond acceptors (Lipinski definition) is 1. The summed E-state index contributed by atoms with van der Waals surface area (Å²) in [7, 11) is 0.